The van der Waals surface area contributed by atoms with Crippen molar-refractivity contribution in [1.82, 2.24) is 0 Å². The van der Waals surface area contributed by atoms with Crippen molar-refractivity contribution in [3.63, 3.8) is 0 Å². The van der Waals surface area contributed by atoms with Gasteiger partial charge >= 0.3 is 0 Å². The first-order valence-electron chi connectivity index (χ1n) is 3.88. The number of sulfonamides is 1. The summed E-state index contributed by atoms with van der Waals surface area (Å²) < 4.78 is 50.0. The zero-order valence-electron chi connectivity index (χ0n) is 7.72. The second-order valence-electron chi connectivity index (χ2n) is 2.91. The quantitative estimate of drug-likeness (QED) is 0.842. The summed E-state index contributed by atoms with van der Waals surface area (Å²) in [5, 5.41) is -0.720. The van der Waals surface area contributed by atoms with Crippen molar-refractivity contribution in [3.05, 3.63) is 29.3 Å². The minimum Gasteiger partial charge on any atom is -0.279 e. The van der Waals surface area contributed by atoms with E-state index in [4.69, 9.17) is 11.6 Å². The molecule has 0 atom stereocenters. The van der Waals surface area contributed by atoms with Crippen molar-refractivity contribution in [3.8, 4) is 0 Å². The molecule has 0 aliphatic heterocycles. The molecule has 0 saturated heterocycles. The third kappa shape index (κ3) is 3.04. The SMILES string of the molecule is Cc1cc(F)c(NS(=O)(=O)CCl)cc1F. The van der Waals surface area contributed by atoms with E-state index in [1.807, 2.05) is 4.72 Å². The molecule has 0 bridgehead atoms. The van der Waals surface area contributed by atoms with Crippen molar-refractivity contribution in [1.29, 1.82) is 0 Å². The fraction of sp³-hybridized carbons (Fsp3) is 0.250. The highest BCUT2D eigenvalue weighted by atomic mass is 35.5. The van der Waals surface area contributed by atoms with Crippen LogP contribution in [0, 0.1) is 18.6 Å². The van der Waals surface area contributed by atoms with Crippen molar-refractivity contribution in [2.24, 2.45) is 0 Å². The lowest BCUT2D eigenvalue weighted by molar-refractivity contribution is 0.592. The Balaban J connectivity index is 3.12. The summed E-state index contributed by atoms with van der Waals surface area (Å²) in [6.07, 6.45) is 0. The molecule has 0 radical (unpaired) electrons. The van der Waals surface area contributed by atoms with Gasteiger partial charge in [-0.2, -0.15) is 0 Å². The zero-order chi connectivity index (χ0) is 11.6. The average molecular weight is 256 g/mol. The first kappa shape index (κ1) is 12.2. The van der Waals surface area contributed by atoms with Crippen LogP contribution in [0.25, 0.3) is 0 Å². The van der Waals surface area contributed by atoms with Gasteiger partial charge in [0.15, 0.2) is 0 Å². The molecule has 0 unspecified atom stereocenters. The lowest BCUT2D eigenvalue weighted by Crippen LogP contribution is -2.14. The van der Waals surface area contributed by atoms with Gasteiger partial charge in [-0.3, -0.25) is 4.72 Å². The molecule has 84 valence electrons. The van der Waals surface area contributed by atoms with Gasteiger partial charge in [-0.25, -0.2) is 17.2 Å². The summed E-state index contributed by atoms with van der Waals surface area (Å²) in [5.41, 5.74) is -0.347. The Hall–Kier alpha value is -0.880. The summed E-state index contributed by atoms with van der Waals surface area (Å²) in [5.74, 6) is -1.54. The van der Waals surface area contributed by atoms with Gasteiger partial charge in [0.25, 0.3) is 0 Å². The number of hydrogen-bond acceptors (Lipinski definition) is 2. The molecule has 0 aliphatic rings. The van der Waals surface area contributed by atoms with Gasteiger partial charge in [-0.1, -0.05) is 0 Å². The van der Waals surface area contributed by atoms with Crippen LogP contribution in [-0.2, 0) is 10.0 Å². The third-order valence-corrected chi connectivity index (χ3v) is 3.34. The van der Waals surface area contributed by atoms with Crippen LogP contribution >= 0.6 is 11.6 Å². The van der Waals surface area contributed by atoms with Crippen LogP contribution in [0.15, 0.2) is 12.1 Å². The van der Waals surface area contributed by atoms with Crippen LogP contribution in [0.3, 0.4) is 0 Å². The van der Waals surface area contributed by atoms with E-state index in [0.29, 0.717) is 0 Å². The minimum atomic E-state index is -3.82. The van der Waals surface area contributed by atoms with E-state index in [-0.39, 0.29) is 5.56 Å². The molecule has 3 nitrogen and oxygen atoms in total. The molecule has 0 heterocycles. The number of benzene rings is 1. The predicted molar refractivity (Wildman–Crippen MR) is 54.4 cm³/mol. The predicted octanol–water partition coefficient (Wildman–Crippen LogP) is 2.21. The molecule has 0 aromatic heterocycles. The van der Waals surface area contributed by atoms with Crippen LogP contribution in [0.5, 0.6) is 0 Å². The molecule has 15 heavy (non-hydrogen) atoms. The first-order valence-corrected chi connectivity index (χ1v) is 6.06. The molecule has 1 aromatic rings. The first-order chi connectivity index (χ1) is 6.85. The zero-order valence-corrected chi connectivity index (χ0v) is 9.29. The van der Waals surface area contributed by atoms with Crippen LogP contribution in [0.4, 0.5) is 14.5 Å². The van der Waals surface area contributed by atoms with E-state index in [2.05, 4.69) is 0 Å². The lowest BCUT2D eigenvalue weighted by Gasteiger charge is -2.07. The molecule has 7 heteroatoms. The second kappa shape index (κ2) is 4.32. The summed E-state index contributed by atoms with van der Waals surface area (Å²) in [6.45, 7) is 1.37. The smallest absolute Gasteiger partial charge is 0.246 e. The average Bonchev–Trinajstić information content (AvgIpc) is 2.14. The highest BCUT2D eigenvalue weighted by Crippen LogP contribution is 2.20. The van der Waals surface area contributed by atoms with Crippen LogP contribution in [0.2, 0.25) is 0 Å². The number of hydrogen-bond donors (Lipinski definition) is 1. The highest BCUT2D eigenvalue weighted by molar-refractivity contribution is 7.93. The van der Waals surface area contributed by atoms with Crippen molar-refractivity contribution in [2.75, 3.05) is 9.93 Å². The van der Waals surface area contributed by atoms with E-state index in [1.165, 1.54) is 6.92 Å². The summed E-state index contributed by atoms with van der Waals surface area (Å²) in [6, 6.07) is 1.68. The summed E-state index contributed by atoms with van der Waals surface area (Å²) >= 11 is 5.10. The Kier molecular flexibility index (Phi) is 3.51. The van der Waals surface area contributed by atoms with E-state index < -0.39 is 32.6 Å². The summed E-state index contributed by atoms with van der Waals surface area (Å²) in [7, 11) is -3.82. The summed E-state index contributed by atoms with van der Waals surface area (Å²) in [4.78, 5) is 0. The molecule has 0 amide bonds. The normalized spacial score (nSPS) is 11.5. The van der Waals surface area contributed by atoms with Crippen LogP contribution in [0.1, 0.15) is 5.56 Å². The monoisotopic (exact) mass is 255 g/mol. The van der Waals surface area contributed by atoms with E-state index in [0.717, 1.165) is 12.1 Å². The van der Waals surface area contributed by atoms with Gasteiger partial charge in [0.1, 0.15) is 16.8 Å². The van der Waals surface area contributed by atoms with E-state index in [1.54, 1.807) is 0 Å². The number of halogens is 3. The van der Waals surface area contributed by atoms with Crippen LogP contribution < -0.4 is 4.72 Å². The maximum Gasteiger partial charge on any atom is 0.246 e. The molecule has 1 aromatic carbocycles. The Morgan fingerprint density at radius 3 is 2.47 bits per heavy atom. The number of aryl methyl sites for hydroxylation is 1. The Morgan fingerprint density at radius 2 is 1.93 bits per heavy atom. The Morgan fingerprint density at radius 1 is 1.33 bits per heavy atom. The fourth-order valence-corrected chi connectivity index (χ4v) is 1.63. The molecule has 0 fully saturated rings. The van der Waals surface area contributed by atoms with Gasteiger partial charge in [0.2, 0.25) is 10.0 Å². The van der Waals surface area contributed by atoms with Gasteiger partial charge in [-0.05, 0) is 18.6 Å². The fourth-order valence-electron chi connectivity index (χ4n) is 0.919. The molecular formula is C8H8ClF2NO2S. The molecule has 1 N–H and O–H groups in total. The topological polar surface area (TPSA) is 46.2 Å². The Bertz CT molecular complexity index is 476. The minimum absolute atomic E-state index is 0.0984. The second-order valence-corrected chi connectivity index (χ2v) is 5.21. The number of nitrogens with one attached hydrogen (secondary N) is 1. The largest absolute Gasteiger partial charge is 0.279 e. The Labute approximate surface area is 91.1 Å². The van der Waals surface area contributed by atoms with Gasteiger partial charge in [0.05, 0.1) is 5.69 Å². The van der Waals surface area contributed by atoms with Crippen molar-refractivity contribution >= 4 is 27.3 Å². The van der Waals surface area contributed by atoms with Crippen molar-refractivity contribution in [2.45, 2.75) is 6.92 Å². The van der Waals surface area contributed by atoms with Gasteiger partial charge < -0.3 is 0 Å². The van der Waals surface area contributed by atoms with Gasteiger partial charge in [-0.15, -0.1) is 11.6 Å². The number of alkyl halides is 1. The van der Waals surface area contributed by atoms with E-state index in [9.17, 15) is 17.2 Å². The van der Waals surface area contributed by atoms with E-state index >= 15 is 0 Å². The molecule has 0 spiro atoms. The maximum absolute atomic E-state index is 13.2. The highest BCUT2D eigenvalue weighted by Gasteiger charge is 2.13. The standard InChI is InChI=1S/C8H8ClF2NO2S/c1-5-2-7(11)8(3-6(5)10)12-15(13,14)4-9/h2-3,12H,4H2,1H3. The van der Waals surface area contributed by atoms with Crippen molar-refractivity contribution < 1.29 is 17.2 Å². The molecule has 1 rings (SSSR count). The molecular weight excluding hydrogens is 248 g/mol. The number of rotatable bonds is 3. The number of anilines is 1. The van der Waals surface area contributed by atoms with Crippen LogP contribution in [-0.4, -0.2) is 13.6 Å². The molecule has 0 saturated carbocycles. The third-order valence-electron chi connectivity index (χ3n) is 1.66. The maximum atomic E-state index is 13.2. The van der Waals surface area contributed by atoms with Gasteiger partial charge in [0, 0.05) is 6.07 Å². The lowest BCUT2D eigenvalue weighted by atomic mass is 10.2. The molecule has 0 aliphatic carbocycles.